The van der Waals surface area contributed by atoms with Crippen LogP contribution in [0.25, 0.3) is 11.3 Å². The smallest absolute Gasteiger partial charge is 0.404 e. The Hall–Kier alpha value is -5.11. The summed E-state index contributed by atoms with van der Waals surface area (Å²) in [4.78, 5) is 53.3. The molecule has 7 rings (SSSR count). The van der Waals surface area contributed by atoms with E-state index in [0.29, 0.717) is 72.2 Å². The highest BCUT2D eigenvalue weighted by Crippen LogP contribution is 2.39. The molecule has 0 bridgehead atoms. The molecule has 13 nitrogen and oxygen atoms in total. The maximum Gasteiger partial charge on any atom is 0.524 e. The van der Waals surface area contributed by atoms with Gasteiger partial charge < -0.3 is 18.7 Å². The summed E-state index contributed by atoms with van der Waals surface area (Å²) in [5, 5.41) is 4.24. The van der Waals surface area contributed by atoms with E-state index in [1.807, 2.05) is 23.1 Å². The lowest BCUT2D eigenvalue weighted by atomic mass is 9.92. The van der Waals surface area contributed by atoms with Gasteiger partial charge in [0.15, 0.2) is 0 Å². The second kappa shape index (κ2) is 14.7. The Bertz CT molecular complexity index is 2210. The third-order valence-corrected chi connectivity index (χ3v) is 10.4. The first kappa shape index (κ1) is 36.3. The van der Waals surface area contributed by atoms with Crippen molar-refractivity contribution >= 4 is 31.0 Å². The minimum Gasteiger partial charge on any atom is -0.404 e. The Morgan fingerprint density at radius 2 is 1.70 bits per heavy atom. The zero-order valence-corrected chi connectivity index (χ0v) is 30.4. The second-order valence-electron chi connectivity index (χ2n) is 13.3. The third-order valence-electron chi connectivity index (χ3n) is 9.91. The zero-order chi connectivity index (χ0) is 37.4. The molecule has 1 atom stereocenters. The highest BCUT2D eigenvalue weighted by molar-refractivity contribution is 7.46. The van der Waals surface area contributed by atoms with E-state index in [-0.39, 0.29) is 17.7 Å². The largest absolute Gasteiger partial charge is 0.524 e. The SMILES string of the molecule is Cc1c(C(=O)N(c2ccc(OP(=O)(O)O)cc2)c2cnn(C)c2)cc(-c2cc(F)ccc2C(=O)N2Cc3ccccc3C[C@H]2CN2CCOCC2)n1C. The highest BCUT2D eigenvalue weighted by Gasteiger charge is 2.34. The van der Waals surface area contributed by atoms with Crippen LogP contribution in [-0.2, 0) is 36.4 Å². The number of amides is 2. The summed E-state index contributed by atoms with van der Waals surface area (Å²) in [5.41, 5.74) is 5.11. The minimum atomic E-state index is -4.79. The van der Waals surface area contributed by atoms with Crippen LogP contribution in [-0.4, -0.2) is 84.6 Å². The normalized spacial score (nSPS) is 16.3. The summed E-state index contributed by atoms with van der Waals surface area (Å²) in [6.45, 7) is 5.71. The summed E-state index contributed by atoms with van der Waals surface area (Å²) in [6, 6.07) is 19.5. The number of aryl methyl sites for hydroxylation is 1. The maximum atomic E-state index is 15.1. The standard InChI is InChI=1S/C38H40FN6O7P/c1-25-34(38(47)45(31-21-40-41(2)23-31)29-9-11-32(12-10-29)52-53(48,49)50)20-36(42(25)3)35-19-28(39)8-13-33(35)37(46)44-22-27-7-5-4-6-26(27)18-30(44)24-43-14-16-51-17-15-43/h4-13,19-21,23,30H,14-18,22,24H2,1-3H3,(H2,48,49,50)/t30-/m0/s1. The molecule has 0 spiro atoms. The molecule has 0 unspecified atom stereocenters. The first-order valence-electron chi connectivity index (χ1n) is 17.2. The molecule has 2 aromatic heterocycles. The predicted molar refractivity (Wildman–Crippen MR) is 195 cm³/mol. The van der Waals surface area contributed by atoms with Crippen molar-refractivity contribution in [1.29, 1.82) is 0 Å². The van der Waals surface area contributed by atoms with Crippen molar-refractivity contribution in [3.05, 3.63) is 119 Å². The Labute approximate surface area is 306 Å². The van der Waals surface area contributed by atoms with Gasteiger partial charge in [-0.2, -0.15) is 5.10 Å². The monoisotopic (exact) mass is 742 g/mol. The molecular formula is C38H40FN6O7P. The molecule has 2 aliphatic rings. The predicted octanol–water partition coefficient (Wildman–Crippen LogP) is 5.22. The van der Waals surface area contributed by atoms with Crippen LogP contribution < -0.4 is 9.42 Å². The molecule has 3 aromatic carbocycles. The first-order valence-corrected chi connectivity index (χ1v) is 18.7. The third kappa shape index (κ3) is 7.68. The van der Waals surface area contributed by atoms with Crippen LogP contribution in [0.3, 0.4) is 0 Å². The average Bonchev–Trinajstić information content (AvgIpc) is 3.69. The van der Waals surface area contributed by atoms with Gasteiger partial charge in [-0.25, -0.2) is 8.96 Å². The van der Waals surface area contributed by atoms with E-state index >= 15 is 4.39 Å². The summed E-state index contributed by atoms with van der Waals surface area (Å²) >= 11 is 0. The van der Waals surface area contributed by atoms with Crippen LogP contribution >= 0.6 is 7.82 Å². The van der Waals surface area contributed by atoms with Gasteiger partial charge in [0.05, 0.1) is 30.7 Å². The second-order valence-corrected chi connectivity index (χ2v) is 14.5. The summed E-state index contributed by atoms with van der Waals surface area (Å²) in [5.74, 6) is -1.27. The van der Waals surface area contributed by atoms with Gasteiger partial charge in [0.25, 0.3) is 11.8 Å². The lowest BCUT2D eigenvalue weighted by molar-refractivity contribution is 0.0193. The van der Waals surface area contributed by atoms with E-state index in [2.05, 4.69) is 16.1 Å². The van der Waals surface area contributed by atoms with Crippen LogP contribution in [0.5, 0.6) is 5.75 Å². The Morgan fingerprint density at radius 1 is 0.981 bits per heavy atom. The molecule has 0 radical (unpaired) electrons. The molecule has 53 heavy (non-hydrogen) atoms. The van der Waals surface area contributed by atoms with Gasteiger partial charge in [-0.3, -0.25) is 33.9 Å². The van der Waals surface area contributed by atoms with Crippen molar-refractivity contribution < 1.29 is 37.6 Å². The van der Waals surface area contributed by atoms with Crippen molar-refractivity contribution in [2.45, 2.75) is 25.9 Å². The highest BCUT2D eigenvalue weighted by atomic mass is 31.2. The number of halogens is 1. The number of phosphoric acid groups is 1. The molecule has 2 N–H and O–H groups in total. The van der Waals surface area contributed by atoms with Crippen molar-refractivity contribution in [2.75, 3.05) is 37.7 Å². The molecule has 1 saturated heterocycles. The first-order chi connectivity index (χ1) is 25.4. The van der Waals surface area contributed by atoms with Crippen molar-refractivity contribution in [2.24, 2.45) is 14.1 Å². The number of hydrogen-bond acceptors (Lipinski definition) is 7. The number of aromatic nitrogens is 3. The van der Waals surface area contributed by atoms with Gasteiger partial charge in [-0.1, -0.05) is 24.3 Å². The minimum absolute atomic E-state index is 0.0773. The van der Waals surface area contributed by atoms with Crippen molar-refractivity contribution in [3.63, 3.8) is 0 Å². The van der Waals surface area contributed by atoms with Crippen LogP contribution in [0.4, 0.5) is 15.8 Å². The molecule has 15 heteroatoms. The fourth-order valence-electron chi connectivity index (χ4n) is 7.14. The molecule has 2 amide bonds. The number of carbonyl (C=O) groups is 2. The molecule has 4 heterocycles. The fourth-order valence-corrected chi connectivity index (χ4v) is 7.53. The maximum absolute atomic E-state index is 15.1. The number of anilines is 2. The van der Waals surface area contributed by atoms with Gasteiger partial charge in [-0.05, 0) is 73.0 Å². The van der Waals surface area contributed by atoms with E-state index in [1.165, 1.54) is 59.1 Å². The number of rotatable bonds is 9. The van der Waals surface area contributed by atoms with Gasteiger partial charge >= 0.3 is 7.82 Å². The lowest BCUT2D eigenvalue weighted by Crippen LogP contribution is -2.52. The van der Waals surface area contributed by atoms with Gasteiger partial charge in [0.2, 0.25) is 0 Å². The number of fused-ring (bicyclic) bond motifs is 1. The zero-order valence-electron chi connectivity index (χ0n) is 29.6. The molecule has 276 valence electrons. The average molecular weight is 743 g/mol. The number of nitrogens with zero attached hydrogens (tertiary/aromatic N) is 6. The van der Waals surface area contributed by atoms with Crippen LogP contribution in [0.2, 0.25) is 0 Å². The Kier molecular flexibility index (Phi) is 10.1. The van der Waals surface area contributed by atoms with E-state index in [9.17, 15) is 23.9 Å². The van der Waals surface area contributed by atoms with Crippen molar-refractivity contribution in [3.8, 4) is 17.0 Å². The number of morpholine rings is 1. The Morgan fingerprint density at radius 3 is 2.38 bits per heavy atom. The number of benzene rings is 3. The molecule has 5 aromatic rings. The summed E-state index contributed by atoms with van der Waals surface area (Å²) < 4.78 is 40.1. The Balaban J connectivity index is 1.25. The number of carbonyl (C=O) groups excluding carboxylic acids is 2. The molecular weight excluding hydrogens is 702 g/mol. The van der Waals surface area contributed by atoms with Gasteiger partial charge in [-0.15, -0.1) is 0 Å². The molecule has 0 saturated carbocycles. The topological polar surface area (TPSA) is 143 Å². The van der Waals surface area contributed by atoms with E-state index < -0.39 is 19.5 Å². The molecule has 0 aliphatic carbocycles. The van der Waals surface area contributed by atoms with Crippen LogP contribution in [0.15, 0.2) is 85.2 Å². The van der Waals surface area contributed by atoms with Crippen LogP contribution in [0, 0.1) is 12.7 Å². The molecule has 2 aliphatic heterocycles. The quantitative estimate of drug-likeness (QED) is 0.195. The van der Waals surface area contributed by atoms with Crippen molar-refractivity contribution in [1.82, 2.24) is 24.1 Å². The van der Waals surface area contributed by atoms with E-state index in [4.69, 9.17) is 9.26 Å². The summed E-state index contributed by atoms with van der Waals surface area (Å²) in [6.07, 6.45) is 3.86. The van der Waals surface area contributed by atoms with Gasteiger partial charge in [0, 0.05) is 80.7 Å². The number of hydrogen-bond donors (Lipinski definition) is 2. The number of ether oxygens (including phenoxy) is 1. The fraction of sp³-hybridized carbons (Fsp3) is 0.289. The van der Waals surface area contributed by atoms with Gasteiger partial charge in [0.1, 0.15) is 11.6 Å². The van der Waals surface area contributed by atoms with E-state index in [0.717, 1.165) is 18.7 Å². The lowest BCUT2D eigenvalue weighted by Gasteiger charge is -2.40. The van der Waals surface area contributed by atoms with Crippen LogP contribution in [0.1, 0.15) is 37.5 Å². The number of phosphoric ester groups is 1. The molecule has 1 fully saturated rings. The summed E-state index contributed by atoms with van der Waals surface area (Å²) in [7, 11) is -1.32. The van der Waals surface area contributed by atoms with E-state index in [1.54, 1.807) is 42.5 Å².